The molecule has 0 fully saturated rings. The topological polar surface area (TPSA) is 37.4 Å². The van der Waals surface area contributed by atoms with Gasteiger partial charge < -0.3 is 0 Å². The number of sulfonamides is 1. The number of benzene rings is 3. The molecule has 0 aromatic heterocycles. The van der Waals surface area contributed by atoms with E-state index in [1.807, 2.05) is 67.6 Å². The van der Waals surface area contributed by atoms with Gasteiger partial charge in [-0.1, -0.05) is 72.3 Å². The second-order valence-corrected chi connectivity index (χ2v) is 8.22. The smallest absolute Gasteiger partial charge is 0.242 e. The fraction of sp³-hybridized carbons (Fsp3) is 0.0909. The lowest BCUT2D eigenvalue weighted by Gasteiger charge is -2.30. The van der Waals surface area contributed by atoms with Crippen molar-refractivity contribution in [1.82, 2.24) is 0 Å². The van der Waals surface area contributed by atoms with E-state index < -0.39 is 10.0 Å². The molecule has 0 spiro atoms. The Balaban J connectivity index is 1.82. The number of nitrogens with zero attached hydrogens (tertiary/aromatic N) is 1. The van der Waals surface area contributed by atoms with E-state index in [-0.39, 0.29) is 5.92 Å². The van der Waals surface area contributed by atoms with Crippen LogP contribution in [-0.2, 0) is 10.0 Å². The zero-order chi connectivity index (χ0) is 18.1. The van der Waals surface area contributed by atoms with Crippen molar-refractivity contribution in [3.63, 3.8) is 0 Å². The fourth-order valence-corrected chi connectivity index (χ4v) is 4.65. The molecule has 1 aliphatic rings. The predicted octanol–water partition coefficient (Wildman–Crippen LogP) is 4.85. The first kappa shape index (κ1) is 16.6. The number of aryl methyl sites for hydroxylation is 1. The van der Waals surface area contributed by atoms with Gasteiger partial charge in [-0.15, -0.1) is 0 Å². The molecule has 4 rings (SSSR count). The number of para-hydroxylation sites is 1. The molecule has 3 aromatic rings. The first-order chi connectivity index (χ1) is 12.6. The predicted molar refractivity (Wildman–Crippen MR) is 105 cm³/mol. The maximum absolute atomic E-state index is 13.2. The molecular weight excluding hydrogens is 342 g/mol. The number of allylic oxidation sites excluding steroid dienone is 1. The number of fused-ring (bicyclic) bond motifs is 1. The van der Waals surface area contributed by atoms with Crippen LogP contribution in [0.4, 0.5) is 5.69 Å². The lowest BCUT2D eigenvalue weighted by atomic mass is 9.88. The monoisotopic (exact) mass is 361 g/mol. The Morgan fingerprint density at radius 1 is 0.808 bits per heavy atom. The maximum Gasteiger partial charge on any atom is 0.268 e. The van der Waals surface area contributed by atoms with Crippen LogP contribution in [0.5, 0.6) is 0 Å². The van der Waals surface area contributed by atoms with E-state index in [9.17, 15) is 8.42 Å². The Kier molecular flexibility index (Phi) is 4.13. The lowest BCUT2D eigenvalue weighted by molar-refractivity contribution is 0.595. The van der Waals surface area contributed by atoms with Gasteiger partial charge in [-0.05, 0) is 36.2 Å². The molecule has 0 radical (unpaired) electrons. The van der Waals surface area contributed by atoms with Gasteiger partial charge in [0.1, 0.15) is 0 Å². The van der Waals surface area contributed by atoms with Gasteiger partial charge in [0.15, 0.2) is 0 Å². The molecule has 0 saturated heterocycles. The van der Waals surface area contributed by atoms with Gasteiger partial charge in [-0.25, -0.2) is 12.7 Å². The van der Waals surface area contributed by atoms with Gasteiger partial charge in [-0.3, -0.25) is 0 Å². The first-order valence-corrected chi connectivity index (χ1v) is 9.95. The minimum Gasteiger partial charge on any atom is -0.242 e. The molecule has 1 atom stereocenters. The first-order valence-electron chi connectivity index (χ1n) is 8.51. The minimum absolute atomic E-state index is 0.0388. The second kappa shape index (κ2) is 6.46. The van der Waals surface area contributed by atoms with Crippen molar-refractivity contribution < 1.29 is 8.42 Å². The van der Waals surface area contributed by atoms with Crippen LogP contribution in [0, 0.1) is 6.92 Å². The van der Waals surface area contributed by atoms with Crippen LogP contribution >= 0.6 is 0 Å². The number of rotatable bonds is 3. The minimum atomic E-state index is -3.65. The van der Waals surface area contributed by atoms with Crippen molar-refractivity contribution >= 4 is 15.7 Å². The van der Waals surface area contributed by atoms with Crippen molar-refractivity contribution in [2.24, 2.45) is 0 Å². The van der Waals surface area contributed by atoms with Crippen LogP contribution < -0.4 is 4.31 Å². The van der Waals surface area contributed by atoms with E-state index in [1.54, 1.807) is 18.3 Å². The average Bonchev–Trinajstić information content (AvgIpc) is 2.68. The molecule has 4 heteroatoms. The summed E-state index contributed by atoms with van der Waals surface area (Å²) in [4.78, 5) is 0.292. The van der Waals surface area contributed by atoms with Gasteiger partial charge in [0.05, 0.1) is 10.6 Å². The van der Waals surface area contributed by atoms with Crippen molar-refractivity contribution in [1.29, 1.82) is 0 Å². The molecule has 1 heterocycles. The molecule has 0 aliphatic carbocycles. The zero-order valence-electron chi connectivity index (χ0n) is 14.4. The third-order valence-electron chi connectivity index (χ3n) is 4.66. The van der Waals surface area contributed by atoms with Crippen LogP contribution in [-0.4, -0.2) is 8.42 Å². The summed E-state index contributed by atoms with van der Waals surface area (Å²) in [5.41, 5.74) is 3.85. The summed E-state index contributed by atoms with van der Waals surface area (Å²) in [7, 11) is -3.65. The molecular formula is C22H19NO2S. The average molecular weight is 361 g/mol. The quantitative estimate of drug-likeness (QED) is 0.669. The van der Waals surface area contributed by atoms with E-state index >= 15 is 0 Å². The van der Waals surface area contributed by atoms with Gasteiger partial charge in [0.25, 0.3) is 10.0 Å². The molecule has 26 heavy (non-hydrogen) atoms. The van der Waals surface area contributed by atoms with Gasteiger partial charge in [0, 0.05) is 12.1 Å². The maximum atomic E-state index is 13.2. The highest BCUT2D eigenvalue weighted by molar-refractivity contribution is 7.93. The van der Waals surface area contributed by atoms with Crippen LogP contribution in [0.1, 0.15) is 22.6 Å². The fourth-order valence-electron chi connectivity index (χ4n) is 3.28. The lowest BCUT2D eigenvalue weighted by Crippen LogP contribution is -2.29. The summed E-state index contributed by atoms with van der Waals surface area (Å²) in [6, 6.07) is 24.7. The van der Waals surface area contributed by atoms with Crippen molar-refractivity contribution in [2.45, 2.75) is 17.7 Å². The summed E-state index contributed by atoms with van der Waals surface area (Å²) >= 11 is 0. The third kappa shape index (κ3) is 2.82. The highest BCUT2D eigenvalue weighted by Gasteiger charge is 2.30. The summed E-state index contributed by atoms with van der Waals surface area (Å²) in [5.74, 6) is 0.0388. The zero-order valence-corrected chi connectivity index (χ0v) is 15.2. The van der Waals surface area contributed by atoms with Crippen LogP contribution in [0.3, 0.4) is 0 Å². The highest BCUT2D eigenvalue weighted by atomic mass is 32.2. The van der Waals surface area contributed by atoms with Gasteiger partial charge in [-0.2, -0.15) is 0 Å². The summed E-state index contributed by atoms with van der Waals surface area (Å²) in [5, 5.41) is 0. The summed E-state index contributed by atoms with van der Waals surface area (Å²) < 4.78 is 27.7. The van der Waals surface area contributed by atoms with Crippen molar-refractivity contribution in [2.75, 3.05) is 4.31 Å². The molecule has 0 bridgehead atoms. The van der Waals surface area contributed by atoms with Crippen molar-refractivity contribution in [3.05, 3.63) is 108 Å². The standard InChI is InChI=1S/C22H19NO2S/c1-17-11-13-19(14-12-17)26(24,25)23-16-15-20(18-7-3-2-4-8-18)21-9-5-6-10-22(21)23/h2-16,20H,1H3. The SMILES string of the molecule is Cc1ccc(S(=O)(=O)N2C=CC(c3ccccc3)c3ccccc32)cc1. The van der Waals surface area contributed by atoms with Gasteiger partial charge in [0.2, 0.25) is 0 Å². The molecule has 0 saturated carbocycles. The van der Waals surface area contributed by atoms with Gasteiger partial charge >= 0.3 is 0 Å². The van der Waals surface area contributed by atoms with E-state index in [0.29, 0.717) is 10.6 Å². The Morgan fingerprint density at radius 3 is 2.19 bits per heavy atom. The molecule has 130 valence electrons. The van der Waals surface area contributed by atoms with E-state index in [2.05, 4.69) is 12.1 Å². The van der Waals surface area contributed by atoms with Crippen LogP contribution in [0.25, 0.3) is 0 Å². The highest BCUT2D eigenvalue weighted by Crippen LogP contribution is 2.39. The Hall–Kier alpha value is -2.85. The molecule has 0 N–H and O–H groups in total. The third-order valence-corrected chi connectivity index (χ3v) is 6.36. The van der Waals surface area contributed by atoms with Crippen LogP contribution in [0.2, 0.25) is 0 Å². The van der Waals surface area contributed by atoms with E-state index in [1.165, 1.54) is 4.31 Å². The Labute approximate surface area is 154 Å². The number of hydrogen-bond acceptors (Lipinski definition) is 2. The molecule has 3 nitrogen and oxygen atoms in total. The summed E-state index contributed by atoms with van der Waals surface area (Å²) in [6.45, 7) is 1.94. The summed E-state index contributed by atoms with van der Waals surface area (Å²) in [6.07, 6.45) is 3.62. The largest absolute Gasteiger partial charge is 0.268 e. The molecule has 1 aliphatic heterocycles. The molecule has 3 aromatic carbocycles. The normalized spacial score (nSPS) is 16.3. The Bertz CT molecular complexity index is 1050. The van der Waals surface area contributed by atoms with E-state index in [0.717, 1.165) is 16.7 Å². The van der Waals surface area contributed by atoms with Crippen LogP contribution in [0.15, 0.2) is 96.0 Å². The number of anilines is 1. The molecule has 0 amide bonds. The van der Waals surface area contributed by atoms with Crippen molar-refractivity contribution in [3.8, 4) is 0 Å². The van der Waals surface area contributed by atoms with E-state index in [4.69, 9.17) is 0 Å². The number of hydrogen-bond donors (Lipinski definition) is 0. The second-order valence-electron chi connectivity index (χ2n) is 6.40. The molecule has 1 unspecified atom stereocenters. The Morgan fingerprint density at radius 2 is 1.46 bits per heavy atom.